The minimum atomic E-state index is -0.882. The molecule has 0 amide bonds. The maximum Gasteiger partial charge on any atom is 0.329 e. The van der Waals surface area contributed by atoms with E-state index in [2.05, 4.69) is 24.8 Å². The molecular formula is C12H21NO3. The Morgan fingerprint density at radius 1 is 1.44 bits per heavy atom. The van der Waals surface area contributed by atoms with Crippen LogP contribution < -0.4 is 0 Å². The zero-order valence-corrected chi connectivity index (χ0v) is 10.1. The van der Waals surface area contributed by atoms with E-state index in [-0.39, 0.29) is 12.7 Å². The molecule has 0 aromatic rings. The van der Waals surface area contributed by atoms with E-state index in [1.165, 1.54) is 5.57 Å². The van der Waals surface area contributed by atoms with E-state index in [1.807, 2.05) is 0 Å². The Labute approximate surface area is 96.9 Å². The highest BCUT2D eigenvalue weighted by Gasteiger charge is 2.19. The maximum absolute atomic E-state index is 10.3. The van der Waals surface area contributed by atoms with Crippen LogP contribution in [0.5, 0.6) is 0 Å². The predicted molar refractivity (Wildman–Crippen MR) is 62.5 cm³/mol. The summed E-state index contributed by atoms with van der Waals surface area (Å²) in [6, 6.07) is 0. The van der Waals surface area contributed by atoms with Crippen molar-refractivity contribution in [2.24, 2.45) is 0 Å². The molecule has 0 saturated carbocycles. The second-order valence-electron chi connectivity index (χ2n) is 4.49. The molecule has 1 aliphatic heterocycles. The molecule has 1 saturated heterocycles. The molecule has 4 heteroatoms. The second-order valence-corrected chi connectivity index (χ2v) is 4.49. The predicted octanol–water partition coefficient (Wildman–Crippen LogP) is 1.52. The molecule has 1 aliphatic rings. The third kappa shape index (κ3) is 5.28. The molecule has 1 N–H and O–H groups in total. The lowest BCUT2D eigenvalue weighted by Gasteiger charge is -2.30. The minimum absolute atomic E-state index is 0.124. The minimum Gasteiger partial charge on any atom is -0.480 e. The molecule has 0 unspecified atom stereocenters. The maximum atomic E-state index is 10.3. The molecule has 0 atom stereocenters. The van der Waals surface area contributed by atoms with Crippen LogP contribution in [0.3, 0.4) is 0 Å². The SMILES string of the molecule is CC(C)=CCN1CCC(OCC(=O)O)CC1. The van der Waals surface area contributed by atoms with Crippen LogP contribution >= 0.6 is 0 Å². The molecule has 0 aromatic carbocycles. The first-order valence-corrected chi connectivity index (χ1v) is 5.77. The highest BCUT2D eigenvalue weighted by molar-refractivity contribution is 5.68. The van der Waals surface area contributed by atoms with Crippen molar-refractivity contribution in [1.82, 2.24) is 4.90 Å². The number of hydrogen-bond acceptors (Lipinski definition) is 3. The van der Waals surface area contributed by atoms with E-state index in [9.17, 15) is 4.79 Å². The van der Waals surface area contributed by atoms with Gasteiger partial charge in [0.05, 0.1) is 6.10 Å². The van der Waals surface area contributed by atoms with Crippen LogP contribution in [0.25, 0.3) is 0 Å². The summed E-state index contributed by atoms with van der Waals surface area (Å²) in [6.07, 6.45) is 4.21. The second kappa shape index (κ2) is 6.66. The Morgan fingerprint density at radius 3 is 2.56 bits per heavy atom. The molecule has 0 aliphatic carbocycles. The van der Waals surface area contributed by atoms with Crippen LogP contribution in [0.15, 0.2) is 11.6 Å². The number of likely N-dealkylation sites (tertiary alicyclic amines) is 1. The van der Waals surface area contributed by atoms with Crippen molar-refractivity contribution < 1.29 is 14.6 Å². The summed E-state index contributed by atoms with van der Waals surface area (Å²) in [4.78, 5) is 12.7. The van der Waals surface area contributed by atoms with Gasteiger partial charge in [0.2, 0.25) is 0 Å². The summed E-state index contributed by atoms with van der Waals surface area (Å²) >= 11 is 0. The molecular weight excluding hydrogens is 206 g/mol. The molecule has 92 valence electrons. The lowest BCUT2D eigenvalue weighted by Crippen LogP contribution is -2.37. The van der Waals surface area contributed by atoms with Gasteiger partial charge in [-0.3, -0.25) is 4.90 Å². The molecule has 16 heavy (non-hydrogen) atoms. The molecule has 0 radical (unpaired) electrons. The van der Waals surface area contributed by atoms with Crippen molar-refractivity contribution in [1.29, 1.82) is 0 Å². The van der Waals surface area contributed by atoms with Crippen molar-refractivity contribution in [3.05, 3.63) is 11.6 Å². The summed E-state index contributed by atoms with van der Waals surface area (Å²) in [7, 11) is 0. The Morgan fingerprint density at radius 2 is 2.06 bits per heavy atom. The number of carboxylic acid groups (broad SMARTS) is 1. The topological polar surface area (TPSA) is 49.8 Å². The molecule has 1 rings (SSSR count). The van der Waals surface area contributed by atoms with Gasteiger partial charge in [0.25, 0.3) is 0 Å². The van der Waals surface area contributed by atoms with Crippen LogP contribution in [-0.4, -0.2) is 48.3 Å². The van der Waals surface area contributed by atoms with Gasteiger partial charge in [-0.2, -0.15) is 0 Å². The van der Waals surface area contributed by atoms with E-state index in [0.717, 1.165) is 32.5 Å². The van der Waals surface area contributed by atoms with Crippen molar-refractivity contribution in [3.8, 4) is 0 Å². The van der Waals surface area contributed by atoms with Gasteiger partial charge in [0.15, 0.2) is 0 Å². The third-order valence-corrected chi connectivity index (χ3v) is 2.73. The third-order valence-electron chi connectivity index (χ3n) is 2.73. The number of carboxylic acids is 1. The summed E-state index contributed by atoms with van der Waals surface area (Å²) in [6.45, 7) is 7.01. The van der Waals surface area contributed by atoms with Crippen molar-refractivity contribution >= 4 is 5.97 Å². The molecule has 0 aromatic heterocycles. The number of hydrogen-bond donors (Lipinski definition) is 1. The first-order valence-electron chi connectivity index (χ1n) is 5.77. The highest BCUT2D eigenvalue weighted by Crippen LogP contribution is 2.13. The van der Waals surface area contributed by atoms with Gasteiger partial charge >= 0.3 is 5.97 Å². The summed E-state index contributed by atoms with van der Waals surface area (Å²) in [5.41, 5.74) is 1.34. The molecule has 1 heterocycles. The van der Waals surface area contributed by atoms with Gasteiger partial charge < -0.3 is 9.84 Å². The summed E-state index contributed by atoms with van der Waals surface area (Å²) < 4.78 is 5.28. The van der Waals surface area contributed by atoms with Gasteiger partial charge in [-0.25, -0.2) is 4.79 Å². The van der Waals surface area contributed by atoms with Crippen molar-refractivity contribution in [2.45, 2.75) is 32.8 Å². The Kier molecular flexibility index (Phi) is 5.49. The number of carbonyl (C=O) groups is 1. The molecule has 1 fully saturated rings. The van der Waals surface area contributed by atoms with Crippen LogP contribution in [-0.2, 0) is 9.53 Å². The van der Waals surface area contributed by atoms with Gasteiger partial charge in [0, 0.05) is 19.6 Å². The molecule has 4 nitrogen and oxygen atoms in total. The van der Waals surface area contributed by atoms with Gasteiger partial charge in [0.1, 0.15) is 6.61 Å². The standard InChI is InChI=1S/C12H21NO3/c1-10(2)3-6-13-7-4-11(5-8-13)16-9-12(14)15/h3,11H,4-9H2,1-2H3,(H,14,15). The van der Waals surface area contributed by atoms with Crippen LogP contribution in [0, 0.1) is 0 Å². The summed E-state index contributed by atoms with van der Waals surface area (Å²) in [5, 5.41) is 8.50. The van der Waals surface area contributed by atoms with Crippen LogP contribution in [0.1, 0.15) is 26.7 Å². The fraction of sp³-hybridized carbons (Fsp3) is 0.750. The first kappa shape index (κ1) is 13.2. The van der Waals surface area contributed by atoms with Gasteiger partial charge in [-0.15, -0.1) is 0 Å². The number of ether oxygens (including phenoxy) is 1. The van der Waals surface area contributed by atoms with E-state index in [4.69, 9.17) is 9.84 Å². The average Bonchev–Trinajstić information content (AvgIpc) is 2.25. The zero-order chi connectivity index (χ0) is 12.0. The number of nitrogens with zero attached hydrogens (tertiary/aromatic N) is 1. The van der Waals surface area contributed by atoms with E-state index < -0.39 is 5.97 Å². The highest BCUT2D eigenvalue weighted by atomic mass is 16.5. The lowest BCUT2D eigenvalue weighted by molar-refractivity contribution is -0.145. The monoisotopic (exact) mass is 227 g/mol. The number of allylic oxidation sites excluding steroid dienone is 1. The summed E-state index contributed by atoms with van der Waals surface area (Å²) in [5.74, 6) is -0.882. The van der Waals surface area contributed by atoms with Crippen molar-refractivity contribution in [3.63, 3.8) is 0 Å². The first-order chi connectivity index (χ1) is 7.58. The normalized spacial score (nSPS) is 18.4. The fourth-order valence-electron chi connectivity index (χ4n) is 1.76. The van der Waals surface area contributed by atoms with E-state index >= 15 is 0 Å². The molecule has 0 bridgehead atoms. The van der Waals surface area contributed by atoms with E-state index in [1.54, 1.807) is 0 Å². The smallest absolute Gasteiger partial charge is 0.329 e. The van der Waals surface area contributed by atoms with E-state index in [0.29, 0.717) is 0 Å². The average molecular weight is 227 g/mol. The van der Waals surface area contributed by atoms with Crippen molar-refractivity contribution in [2.75, 3.05) is 26.2 Å². The lowest BCUT2D eigenvalue weighted by atomic mass is 10.1. The largest absolute Gasteiger partial charge is 0.480 e. The van der Waals surface area contributed by atoms with Gasteiger partial charge in [-0.1, -0.05) is 11.6 Å². The fourth-order valence-corrected chi connectivity index (χ4v) is 1.76. The van der Waals surface area contributed by atoms with Gasteiger partial charge in [-0.05, 0) is 26.7 Å². The Hall–Kier alpha value is -0.870. The quantitative estimate of drug-likeness (QED) is 0.723. The zero-order valence-electron chi connectivity index (χ0n) is 10.1. The van der Waals surface area contributed by atoms with Crippen LogP contribution in [0.4, 0.5) is 0 Å². The number of piperidine rings is 1. The van der Waals surface area contributed by atoms with Crippen LogP contribution in [0.2, 0.25) is 0 Å². The Bertz CT molecular complexity index is 251. The number of aliphatic carboxylic acids is 1. The molecule has 0 spiro atoms. The number of rotatable bonds is 5. The Balaban J connectivity index is 2.18.